The van der Waals surface area contributed by atoms with Crippen LogP contribution in [0, 0.1) is 46.3 Å². The van der Waals surface area contributed by atoms with Crippen LogP contribution in [0.1, 0.15) is 184 Å². The van der Waals surface area contributed by atoms with Gasteiger partial charge in [0, 0.05) is 12.8 Å². The smallest absolute Gasteiger partial charge is 0.275 e. The van der Waals surface area contributed by atoms with Gasteiger partial charge in [-0.1, -0.05) is 38.8 Å². The van der Waals surface area contributed by atoms with Gasteiger partial charge in [0.15, 0.2) is 0 Å². The number of fused-ring (bicyclic) bond motifs is 2. The molecule has 4 saturated carbocycles. The largest absolute Gasteiger partial charge is 0.393 e. The first-order valence-electron chi connectivity index (χ1n) is 25.8. The summed E-state index contributed by atoms with van der Waals surface area (Å²) in [6, 6.07) is 0. The molecule has 0 bridgehead atoms. The van der Waals surface area contributed by atoms with Gasteiger partial charge >= 0.3 is 0 Å². The van der Waals surface area contributed by atoms with E-state index in [9.17, 15) is 38.0 Å². The highest BCUT2D eigenvalue weighted by molar-refractivity contribution is 5.33. The second-order valence-corrected chi connectivity index (χ2v) is 23.8. The number of rotatable bonds is 12. The van der Waals surface area contributed by atoms with E-state index in [0.717, 1.165) is 89.9 Å². The molecule has 6 aliphatic carbocycles. The predicted molar refractivity (Wildman–Crippen MR) is 247 cm³/mol. The van der Waals surface area contributed by atoms with E-state index in [-0.39, 0.29) is 59.9 Å². The van der Waals surface area contributed by atoms with E-state index in [2.05, 4.69) is 39.8 Å². The van der Waals surface area contributed by atoms with E-state index in [0.29, 0.717) is 62.6 Å². The maximum atomic E-state index is 14.4. The molecular weight excluding hydrogens is 853 g/mol. The molecule has 4 fully saturated rings. The fourth-order valence-electron chi connectivity index (χ4n) is 14.3. The third-order valence-electron chi connectivity index (χ3n) is 18.7. The Morgan fingerprint density at radius 2 is 0.985 bits per heavy atom. The van der Waals surface area contributed by atoms with Crippen LogP contribution in [-0.4, -0.2) is 81.1 Å². The third kappa shape index (κ3) is 11.0. The predicted octanol–water partition coefficient (Wildman–Crippen LogP) is 12.2. The van der Waals surface area contributed by atoms with Crippen LogP contribution in [-0.2, 0) is 19.6 Å². The molecule has 0 radical (unpaired) electrons. The van der Waals surface area contributed by atoms with Crippen LogP contribution in [0.5, 0.6) is 0 Å². The van der Waals surface area contributed by atoms with E-state index < -0.39 is 23.0 Å². The van der Waals surface area contributed by atoms with Gasteiger partial charge in [0.25, 0.3) is 11.8 Å². The lowest BCUT2D eigenvalue weighted by atomic mass is 9.60. The summed E-state index contributed by atoms with van der Waals surface area (Å²) in [7, 11) is 0. The number of hydrogen-bond acceptors (Lipinski definition) is 8. The van der Waals surface area contributed by atoms with Crippen molar-refractivity contribution in [1.29, 1.82) is 0 Å². The quantitative estimate of drug-likeness (QED) is 0.0868. The van der Waals surface area contributed by atoms with Crippen LogP contribution in [0.15, 0.2) is 45.6 Å². The van der Waals surface area contributed by atoms with Crippen molar-refractivity contribution >= 4 is 0 Å². The molecule has 376 valence electrons. The van der Waals surface area contributed by atoms with Crippen molar-refractivity contribution in [3.8, 4) is 0 Å². The highest BCUT2D eigenvalue weighted by Gasteiger charge is 2.54. The maximum absolute atomic E-state index is 14.4. The number of halogens is 4. The van der Waals surface area contributed by atoms with E-state index in [1.165, 1.54) is 61.1 Å². The fraction of sp³-hybridized carbons (Fsp3) is 0.852. The molecule has 0 aromatic rings. The van der Waals surface area contributed by atoms with Gasteiger partial charge in [-0.3, -0.25) is 0 Å². The lowest BCUT2D eigenvalue weighted by Gasteiger charge is -2.45. The Balaban J connectivity index is 0.000000196. The van der Waals surface area contributed by atoms with E-state index in [4.69, 9.17) is 19.6 Å². The second-order valence-electron chi connectivity index (χ2n) is 23.8. The third-order valence-corrected chi connectivity index (χ3v) is 18.7. The fourth-order valence-corrected chi connectivity index (χ4v) is 14.3. The standard InChI is InChI=1S/2C27H42F2O4/c2*1-17(11-13-27(28,29)25(2,3)31)22-9-10-23-18(6-5-12-26(22,23)4)14-24-21-15-20(30)8-7-19(21)16-32-33-24/h2*14,17,20,22-24,30-31H,5-13,15-16H2,1-4H3/b2*18-14+/t17-,20+,22-,23+,24+,26-;17-,20+,22-,23+,24-,26-/m11/s1. The summed E-state index contributed by atoms with van der Waals surface area (Å²) >= 11 is 0. The van der Waals surface area contributed by atoms with Crippen LogP contribution in [0.4, 0.5) is 17.6 Å². The van der Waals surface area contributed by atoms with Crippen LogP contribution >= 0.6 is 0 Å². The van der Waals surface area contributed by atoms with Crippen molar-refractivity contribution in [2.45, 2.75) is 231 Å². The number of allylic oxidation sites excluding steroid dienone is 2. The van der Waals surface area contributed by atoms with Gasteiger partial charge in [0.05, 0.1) is 12.2 Å². The highest BCUT2D eigenvalue weighted by atomic mass is 19.3. The summed E-state index contributed by atoms with van der Waals surface area (Å²) in [6.07, 6.45) is 19.2. The van der Waals surface area contributed by atoms with Gasteiger partial charge in [-0.2, -0.15) is 0 Å². The zero-order valence-electron chi connectivity index (χ0n) is 41.4. The Morgan fingerprint density at radius 3 is 1.35 bits per heavy atom. The first-order valence-corrected chi connectivity index (χ1v) is 25.8. The summed E-state index contributed by atoms with van der Waals surface area (Å²) in [5.41, 5.74) is 4.00. The Hall–Kier alpha value is -1.64. The van der Waals surface area contributed by atoms with Crippen LogP contribution < -0.4 is 0 Å². The lowest BCUT2D eigenvalue weighted by molar-refractivity contribution is -0.310. The van der Waals surface area contributed by atoms with E-state index >= 15 is 0 Å². The molecule has 8 nitrogen and oxygen atoms in total. The Morgan fingerprint density at radius 1 is 0.606 bits per heavy atom. The minimum absolute atomic E-state index is 0.104. The first kappa shape index (κ1) is 52.2. The minimum atomic E-state index is -3.08. The summed E-state index contributed by atoms with van der Waals surface area (Å²) in [6.45, 7) is 14.8. The molecule has 0 unspecified atom stereocenters. The lowest BCUT2D eigenvalue weighted by Crippen LogP contribution is -2.43. The Bertz CT molecular complexity index is 1700. The average Bonchev–Trinajstić information content (AvgIpc) is 3.79. The Labute approximate surface area is 392 Å². The molecule has 4 N–H and O–H groups in total. The van der Waals surface area contributed by atoms with Crippen molar-refractivity contribution in [1.82, 2.24) is 0 Å². The molecule has 0 saturated heterocycles. The summed E-state index contributed by atoms with van der Waals surface area (Å²) in [4.78, 5) is 22.3. The number of aliphatic hydroxyl groups excluding tert-OH is 2. The molecule has 12 heteroatoms. The number of aliphatic hydroxyl groups is 4. The second kappa shape index (κ2) is 20.2. The average molecular weight is 937 g/mol. The normalized spacial score (nSPS) is 37.8. The zero-order chi connectivity index (χ0) is 48.0. The van der Waals surface area contributed by atoms with E-state index in [1.807, 2.05) is 0 Å². The Kier molecular flexibility index (Phi) is 16.0. The molecule has 12 atom stereocenters. The topological polar surface area (TPSA) is 118 Å². The van der Waals surface area contributed by atoms with Crippen LogP contribution in [0.2, 0.25) is 0 Å². The summed E-state index contributed by atoms with van der Waals surface area (Å²) in [5, 5.41) is 40.1. The van der Waals surface area contributed by atoms with Gasteiger partial charge < -0.3 is 20.4 Å². The van der Waals surface area contributed by atoms with Crippen LogP contribution in [0.25, 0.3) is 0 Å². The first-order chi connectivity index (χ1) is 30.8. The van der Waals surface area contributed by atoms with Crippen molar-refractivity contribution in [3.05, 3.63) is 45.6 Å². The molecule has 2 aliphatic heterocycles. The van der Waals surface area contributed by atoms with Gasteiger partial charge in [-0.05, 0) is 224 Å². The molecule has 0 spiro atoms. The molecule has 66 heavy (non-hydrogen) atoms. The van der Waals surface area contributed by atoms with Crippen molar-refractivity contribution in [3.63, 3.8) is 0 Å². The zero-order valence-corrected chi connectivity index (χ0v) is 41.4. The van der Waals surface area contributed by atoms with Crippen molar-refractivity contribution in [2.24, 2.45) is 46.3 Å². The molecule has 8 rings (SSSR count). The van der Waals surface area contributed by atoms with Crippen molar-refractivity contribution < 1.29 is 57.5 Å². The molecule has 0 aromatic heterocycles. The maximum Gasteiger partial charge on any atom is 0.275 e. The minimum Gasteiger partial charge on any atom is -0.393 e. The van der Waals surface area contributed by atoms with Gasteiger partial charge in [-0.15, -0.1) is 0 Å². The van der Waals surface area contributed by atoms with Gasteiger partial charge in [0.1, 0.15) is 36.6 Å². The molecule has 0 aromatic carbocycles. The monoisotopic (exact) mass is 937 g/mol. The molecule has 2 heterocycles. The molecule has 0 amide bonds. The SMILES string of the molecule is C[C@H](CCC(F)(F)C(C)(C)O)[C@H]1CC[C@H]2/C(=C/[C@@H]3OOCC4=C3C[C@@H](O)CC4)CCC[C@]12C.C[C@H](CCC(F)(F)C(C)(C)O)[C@H]1CC[C@H]2/C(=C/[C@H]3OOCC4=C3C[C@@H](O)CC4)CCC[C@]12C. The molecule has 8 aliphatic rings. The van der Waals surface area contributed by atoms with Gasteiger partial charge in [0.2, 0.25) is 0 Å². The van der Waals surface area contributed by atoms with Crippen LogP contribution in [0.3, 0.4) is 0 Å². The molecular formula is C54H84F4O8. The number of hydrogen-bond donors (Lipinski definition) is 4. The summed E-state index contributed by atoms with van der Waals surface area (Å²) < 4.78 is 57.5. The highest BCUT2D eigenvalue weighted by Crippen LogP contribution is 2.62. The van der Waals surface area contributed by atoms with Gasteiger partial charge in [-0.25, -0.2) is 37.1 Å². The van der Waals surface area contributed by atoms with E-state index in [1.54, 1.807) is 0 Å². The van der Waals surface area contributed by atoms with Crippen molar-refractivity contribution in [2.75, 3.05) is 13.2 Å². The summed E-state index contributed by atoms with van der Waals surface area (Å²) in [5.74, 6) is -4.10. The number of alkyl halides is 4.